The van der Waals surface area contributed by atoms with E-state index in [2.05, 4.69) is 259 Å². The Balaban J connectivity index is 1.10. The minimum absolute atomic E-state index is 0.0260. The predicted molar refractivity (Wildman–Crippen MR) is 290 cm³/mol. The highest BCUT2D eigenvalue weighted by Crippen LogP contribution is 2.58. The summed E-state index contributed by atoms with van der Waals surface area (Å²) in [6.45, 7) is 14.1. The van der Waals surface area contributed by atoms with Gasteiger partial charge in [0.25, 0.3) is 6.71 Å². The van der Waals surface area contributed by atoms with Crippen molar-refractivity contribution in [1.82, 2.24) is 0 Å². The molecule has 0 unspecified atom stereocenters. The van der Waals surface area contributed by atoms with Gasteiger partial charge in [0.1, 0.15) is 11.5 Å². The van der Waals surface area contributed by atoms with Crippen molar-refractivity contribution in [2.24, 2.45) is 0 Å². The van der Waals surface area contributed by atoms with Crippen molar-refractivity contribution >= 4 is 69.0 Å². The van der Waals surface area contributed by atoms with Crippen molar-refractivity contribution in [2.45, 2.75) is 64.7 Å². The second-order valence-corrected chi connectivity index (χ2v) is 23.8. The zero-order chi connectivity index (χ0) is 46.3. The SMILES string of the molecule is CC(C)c1cc(C(C)C)c(B2c3ccccc3Oc3cc(N4c5ccccc5C5(c6ccccc64)c4ccccc4[Si](c4ccccc4)(c4ccccc4)c4ccccc45)ccc32)c(C(C)C)c1. The molecular weight excluding hydrogens is 838 g/mol. The standard InChI is InChI=1S/C64H56BNOSi/c1-42(2)45-39-49(43(3)4)63(50(40-45)44(5)6)65-55-31-17-20-34-59(55)67-60-41-46(37-38-56(60)65)66-57-32-18-13-27-51(57)64(52-28-14-19-33-58(52)66)53-29-15-21-35-61(53)68(47-23-9-7-10-24-47,48-25-11-8-12-26-48)62-36-22-16-30-54(62)64/h7-44H,1-6H3. The molecule has 3 heterocycles. The van der Waals surface area contributed by atoms with E-state index in [-0.39, 0.29) is 6.71 Å². The number of hydrogen-bond acceptors (Lipinski definition) is 2. The van der Waals surface area contributed by atoms with Gasteiger partial charge in [-0.2, -0.15) is 0 Å². The minimum Gasteiger partial charge on any atom is -0.458 e. The number of fused-ring (bicyclic) bond motifs is 10. The summed E-state index contributed by atoms with van der Waals surface area (Å²) in [6.07, 6.45) is 0. The number of rotatable bonds is 7. The third kappa shape index (κ3) is 6.02. The van der Waals surface area contributed by atoms with Gasteiger partial charge >= 0.3 is 0 Å². The van der Waals surface area contributed by atoms with Gasteiger partial charge in [-0.15, -0.1) is 0 Å². The van der Waals surface area contributed by atoms with Gasteiger partial charge in [0.05, 0.1) is 16.8 Å². The van der Waals surface area contributed by atoms with Gasteiger partial charge in [0.15, 0.2) is 8.07 Å². The fraction of sp³-hybridized carbons (Fsp3) is 0.156. The van der Waals surface area contributed by atoms with Crippen molar-refractivity contribution in [3.8, 4) is 11.5 Å². The molecule has 0 aromatic heterocycles. The number of para-hydroxylation sites is 3. The summed E-state index contributed by atoms with van der Waals surface area (Å²) in [7, 11) is -2.85. The molecule has 0 amide bonds. The topological polar surface area (TPSA) is 12.5 Å². The van der Waals surface area contributed by atoms with Gasteiger partial charge in [-0.3, -0.25) is 0 Å². The average Bonchev–Trinajstić information content (AvgIpc) is 3.38. The Kier molecular flexibility index (Phi) is 10.1. The Morgan fingerprint density at radius 2 is 0.882 bits per heavy atom. The molecule has 0 atom stereocenters. The minimum atomic E-state index is -2.85. The molecule has 2 nitrogen and oxygen atoms in total. The molecule has 330 valence electrons. The number of nitrogens with zero attached hydrogens (tertiary/aromatic N) is 1. The zero-order valence-corrected chi connectivity index (χ0v) is 40.9. The molecular formula is C64H56BNOSi. The normalized spacial score (nSPS) is 14.7. The van der Waals surface area contributed by atoms with Gasteiger partial charge in [0, 0.05) is 11.8 Å². The molecule has 4 heteroatoms. The third-order valence-corrected chi connectivity index (χ3v) is 20.4. The second kappa shape index (κ2) is 16.3. The molecule has 0 aliphatic carbocycles. The summed E-state index contributed by atoms with van der Waals surface area (Å²) in [4.78, 5) is 2.50. The van der Waals surface area contributed by atoms with E-state index in [0.29, 0.717) is 17.8 Å². The summed E-state index contributed by atoms with van der Waals surface area (Å²) in [6, 6.07) is 80.7. The van der Waals surface area contributed by atoms with Crippen LogP contribution in [0, 0.1) is 0 Å². The van der Waals surface area contributed by atoms with Crippen LogP contribution >= 0.6 is 0 Å². The van der Waals surface area contributed by atoms with Crippen LogP contribution in [0.4, 0.5) is 17.1 Å². The molecule has 0 radical (unpaired) electrons. The maximum Gasteiger partial charge on any atom is 0.251 e. The van der Waals surface area contributed by atoms with E-state index in [4.69, 9.17) is 4.74 Å². The smallest absolute Gasteiger partial charge is 0.251 e. The van der Waals surface area contributed by atoms with E-state index in [1.54, 1.807) is 0 Å². The fourth-order valence-corrected chi connectivity index (χ4v) is 17.9. The highest BCUT2D eigenvalue weighted by atomic mass is 28.3. The van der Waals surface area contributed by atoms with Crippen molar-refractivity contribution in [2.75, 3.05) is 4.90 Å². The predicted octanol–water partition coefficient (Wildman–Crippen LogP) is 11.5. The second-order valence-electron chi connectivity index (χ2n) is 20.1. The molecule has 68 heavy (non-hydrogen) atoms. The molecule has 0 fully saturated rings. The van der Waals surface area contributed by atoms with Gasteiger partial charge in [-0.1, -0.05) is 229 Å². The highest BCUT2D eigenvalue weighted by Gasteiger charge is 2.57. The first-order chi connectivity index (χ1) is 33.2. The van der Waals surface area contributed by atoms with Gasteiger partial charge in [-0.25, -0.2) is 0 Å². The van der Waals surface area contributed by atoms with Gasteiger partial charge in [-0.05, 0) is 113 Å². The summed E-state index contributed by atoms with van der Waals surface area (Å²) >= 11 is 0. The summed E-state index contributed by atoms with van der Waals surface area (Å²) in [5.74, 6) is 3.00. The number of ether oxygens (including phenoxy) is 1. The van der Waals surface area contributed by atoms with E-state index in [0.717, 1.165) is 17.2 Å². The number of benzene rings is 9. The zero-order valence-electron chi connectivity index (χ0n) is 39.9. The monoisotopic (exact) mass is 893 g/mol. The van der Waals surface area contributed by atoms with Crippen molar-refractivity contribution in [3.05, 3.63) is 251 Å². The van der Waals surface area contributed by atoms with E-state index in [1.165, 1.54) is 87.5 Å². The lowest BCUT2D eigenvalue weighted by molar-refractivity contribution is 0.487. The lowest BCUT2D eigenvalue weighted by Gasteiger charge is -2.53. The molecule has 3 aliphatic rings. The lowest BCUT2D eigenvalue weighted by atomic mass is 9.34. The molecule has 0 saturated carbocycles. The van der Waals surface area contributed by atoms with Gasteiger partial charge < -0.3 is 9.64 Å². The molecule has 1 spiro atoms. The van der Waals surface area contributed by atoms with Crippen LogP contribution in [0.15, 0.2) is 212 Å². The lowest BCUT2D eigenvalue weighted by Crippen LogP contribution is -2.79. The van der Waals surface area contributed by atoms with Crippen molar-refractivity contribution in [1.29, 1.82) is 0 Å². The van der Waals surface area contributed by atoms with Crippen LogP contribution in [-0.4, -0.2) is 14.8 Å². The first-order valence-corrected chi connectivity index (χ1v) is 26.6. The van der Waals surface area contributed by atoms with Crippen LogP contribution in [-0.2, 0) is 5.41 Å². The Hall–Kier alpha value is -7.14. The Bertz CT molecular complexity index is 3230. The van der Waals surface area contributed by atoms with Crippen LogP contribution in [0.3, 0.4) is 0 Å². The quantitative estimate of drug-likeness (QED) is 0.148. The summed E-state index contributed by atoms with van der Waals surface area (Å²) in [5, 5.41) is 5.66. The largest absolute Gasteiger partial charge is 0.458 e. The van der Waals surface area contributed by atoms with E-state index in [9.17, 15) is 0 Å². The number of hydrogen-bond donors (Lipinski definition) is 0. The molecule has 0 N–H and O–H groups in total. The molecule has 3 aliphatic heterocycles. The van der Waals surface area contributed by atoms with Crippen LogP contribution < -0.4 is 46.8 Å². The van der Waals surface area contributed by atoms with E-state index >= 15 is 0 Å². The average molecular weight is 894 g/mol. The number of anilines is 3. The van der Waals surface area contributed by atoms with Crippen LogP contribution in [0.1, 0.15) is 98.2 Å². The van der Waals surface area contributed by atoms with Crippen molar-refractivity contribution < 1.29 is 4.74 Å². The maximum atomic E-state index is 7.09. The molecule has 0 bridgehead atoms. The first-order valence-electron chi connectivity index (χ1n) is 24.6. The van der Waals surface area contributed by atoms with E-state index in [1.807, 2.05) is 0 Å². The maximum absolute atomic E-state index is 7.09. The van der Waals surface area contributed by atoms with Crippen LogP contribution in [0.2, 0.25) is 0 Å². The molecule has 9 aromatic rings. The molecule has 9 aromatic carbocycles. The van der Waals surface area contributed by atoms with Crippen LogP contribution in [0.25, 0.3) is 0 Å². The third-order valence-electron chi connectivity index (χ3n) is 15.5. The Morgan fingerprint density at radius 3 is 1.41 bits per heavy atom. The Morgan fingerprint density at radius 1 is 0.426 bits per heavy atom. The summed E-state index contributed by atoms with van der Waals surface area (Å²) in [5.41, 5.74) is 16.2. The van der Waals surface area contributed by atoms with Crippen molar-refractivity contribution in [3.63, 3.8) is 0 Å². The summed E-state index contributed by atoms with van der Waals surface area (Å²) < 4.78 is 7.09. The van der Waals surface area contributed by atoms with E-state index < -0.39 is 13.5 Å². The Labute approximate surface area is 404 Å². The molecule has 12 rings (SSSR count). The van der Waals surface area contributed by atoms with Gasteiger partial charge in [0.2, 0.25) is 0 Å². The van der Waals surface area contributed by atoms with Crippen LogP contribution in [0.5, 0.6) is 11.5 Å². The first kappa shape index (κ1) is 42.2. The fourth-order valence-electron chi connectivity index (χ4n) is 12.6. The highest BCUT2D eigenvalue weighted by molar-refractivity contribution is 7.20. The molecule has 0 saturated heterocycles.